The summed E-state index contributed by atoms with van der Waals surface area (Å²) in [5, 5.41) is 1.50. The van der Waals surface area contributed by atoms with E-state index in [0.29, 0.717) is 0 Å². The highest BCUT2D eigenvalue weighted by molar-refractivity contribution is 8.59. The minimum atomic E-state index is -2.00. The van der Waals surface area contributed by atoms with Gasteiger partial charge in [0.1, 0.15) is 0 Å². The Bertz CT molecular complexity index is 948. The van der Waals surface area contributed by atoms with Crippen molar-refractivity contribution in [2.75, 3.05) is 0 Å². The molecule has 0 N–H and O–H groups in total. The Hall–Kier alpha value is -2.20. The van der Waals surface area contributed by atoms with Gasteiger partial charge in [0.15, 0.2) is 0 Å². The van der Waals surface area contributed by atoms with E-state index in [1.165, 1.54) is 26.6 Å². The molecule has 0 saturated carbocycles. The Kier molecular flexibility index (Phi) is 6.94. The first-order chi connectivity index (χ1) is 14.3. The van der Waals surface area contributed by atoms with Crippen molar-refractivity contribution in [3.8, 4) is 0 Å². The van der Waals surface area contributed by atoms with E-state index in [4.69, 9.17) is 0 Å². The molecule has 4 aromatic carbocycles. The van der Waals surface area contributed by atoms with Crippen molar-refractivity contribution in [3.05, 3.63) is 127 Å². The number of hydrogen-bond acceptors (Lipinski definition) is 2. The maximum absolute atomic E-state index is 2.34. The molecular weight excluding hydrogens is 405 g/mol. The fourth-order valence-corrected chi connectivity index (χ4v) is 14.9. The molecule has 0 heterocycles. The zero-order chi connectivity index (χ0) is 19.8. The van der Waals surface area contributed by atoms with Crippen LogP contribution in [-0.2, 0) is 6.42 Å². The SMILES string of the molecule is c1ccc(CC[Si](Sc2ccccc2)(Sc2ccccc2)c2ccccc2)cc1. The van der Waals surface area contributed by atoms with Crippen molar-refractivity contribution in [2.45, 2.75) is 22.3 Å². The Labute approximate surface area is 182 Å². The highest BCUT2D eigenvalue weighted by Crippen LogP contribution is 2.44. The summed E-state index contributed by atoms with van der Waals surface area (Å²) in [6.45, 7) is 0. The lowest BCUT2D eigenvalue weighted by Gasteiger charge is -2.31. The summed E-state index contributed by atoms with van der Waals surface area (Å²) in [5.74, 6) is 0. The molecule has 0 nitrogen and oxygen atoms in total. The van der Waals surface area contributed by atoms with Crippen molar-refractivity contribution in [3.63, 3.8) is 0 Å². The minimum Gasteiger partial charge on any atom is -0.132 e. The first-order valence-electron chi connectivity index (χ1n) is 9.92. The van der Waals surface area contributed by atoms with E-state index < -0.39 is 6.37 Å². The van der Waals surface area contributed by atoms with Crippen LogP contribution in [0.1, 0.15) is 5.56 Å². The fourth-order valence-electron chi connectivity index (χ4n) is 3.39. The van der Waals surface area contributed by atoms with Gasteiger partial charge in [-0.2, -0.15) is 0 Å². The second-order valence-corrected chi connectivity index (χ2v) is 17.1. The number of rotatable bonds is 8. The average molecular weight is 429 g/mol. The van der Waals surface area contributed by atoms with Crippen LogP contribution in [0.4, 0.5) is 0 Å². The predicted molar refractivity (Wildman–Crippen MR) is 131 cm³/mol. The Morgan fingerprint density at radius 2 is 0.897 bits per heavy atom. The molecule has 144 valence electrons. The van der Waals surface area contributed by atoms with Gasteiger partial charge in [-0.05, 0) is 47.5 Å². The maximum atomic E-state index is 2.34. The van der Waals surface area contributed by atoms with Gasteiger partial charge in [-0.1, -0.05) is 97.1 Å². The highest BCUT2D eigenvalue weighted by Gasteiger charge is 2.38. The van der Waals surface area contributed by atoms with Crippen molar-refractivity contribution in [1.29, 1.82) is 0 Å². The smallest absolute Gasteiger partial charge is 0.132 e. The molecule has 3 heteroatoms. The van der Waals surface area contributed by atoms with Gasteiger partial charge in [0.25, 0.3) is 0 Å². The van der Waals surface area contributed by atoms with E-state index in [-0.39, 0.29) is 0 Å². The molecule has 4 aromatic rings. The summed E-state index contributed by atoms with van der Waals surface area (Å²) >= 11 is 4.21. The molecule has 4 rings (SSSR count). The van der Waals surface area contributed by atoms with Crippen LogP contribution in [0.2, 0.25) is 6.04 Å². The van der Waals surface area contributed by atoms with Crippen molar-refractivity contribution < 1.29 is 0 Å². The van der Waals surface area contributed by atoms with Gasteiger partial charge < -0.3 is 0 Å². The molecule has 0 radical (unpaired) electrons. The molecule has 0 unspecified atom stereocenters. The van der Waals surface area contributed by atoms with Crippen molar-refractivity contribution >= 4 is 34.0 Å². The summed E-state index contributed by atoms with van der Waals surface area (Å²) < 4.78 is 0. The van der Waals surface area contributed by atoms with Gasteiger partial charge in [-0.3, -0.25) is 0 Å². The molecule has 0 amide bonds. The maximum Gasteiger partial charge on any atom is 0.218 e. The van der Waals surface area contributed by atoms with E-state index in [9.17, 15) is 0 Å². The molecule has 29 heavy (non-hydrogen) atoms. The molecule has 0 spiro atoms. The minimum absolute atomic E-state index is 1.10. The van der Waals surface area contributed by atoms with Crippen LogP contribution >= 0.6 is 22.4 Å². The zero-order valence-electron chi connectivity index (χ0n) is 16.3. The standard InChI is InChI=1S/C26H24S2Si/c1-5-13-23(14-6-1)21-22-29(26-19-11-4-12-20-26,27-24-15-7-2-8-16-24)28-25-17-9-3-10-18-25/h1-20H,21-22H2. The second-order valence-electron chi connectivity index (χ2n) is 6.93. The monoisotopic (exact) mass is 428 g/mol. The van der Waals surface area contributed by atoms with Crippen molar-refractivity contribution in [1.82, 2.24) is 0 Å². The lowest BCUT2D eigenvalue weighted by Crippen LogP contribution is -2.42. The van der Waals surface area contributed by atoms with Crippen LogP contribution < -0.4 is 5.19 Å². The topological polar surface area (TPSA) is 0 Å². The van der Waals surface area contributed by atoms with Gasteiger partial charge in [-0.25, -0.2) is 0 Å². The van der Waals surface area contributed by atoms with E-state index in [1.54, 1.807) is 0 Å². The fraction of sp³-hybridized carbons (Fsp3) is 0.0769. The predicted octanol–water partition coefficient (Wildman–Crippen LogP) is 7.16. The Morgan fingerprint density at radius 3 is 1.38 bits per heavy atom. The van der Waals surface area contributed by atoms with Crippen LogP contribution in [0.5, 0.6) is 0 Å². The van der Waals surface area contributed by atoms with Crippen LogP contribution in [0.3, 0.4) is 0 Å². The first kappa shape index (κ1) is 20.1. The number of hydrogen-bond donors (Lipinski definition) is 0. The molecule has 0 atom stereocenters. The summed E-state index contributed by atoms with van der Waals surface area (Å²) in [6, 6.07) is 45.1. The van der Waals surface area contributed by atoms with Crippen LogP contribution in [0, 0.1) is 0 Å². The van der Waals surface area contributed by atoms with Crippen LogP contribution in [-0.4, -0.2) is 6.37 Å². The third-order valence-electron chi connectivity index (χ3n) is 4.85. The van der Waals surface area contributed by atoms with E-state index >= 15 is 0 Å². The summed E-state index contributed by atoms with van der Waals surface area (Å²) in [7, 11) is 0. The van der Waals surface area contributed by atoms with E-state index in [1.807, 2.05) is 0 Å². The summed E-state index contributed by atoms with van der Waals surface area (Å²) in [6.07, 6.45) is -0.904. The molecular formula is C26H24S2Si. The lowest BCUT2D eigenvalue weighted by atomic mass is 10.2. The lowest BCUT2D eigenvalue weighted by molar-refractivity contribution is 1.12. The van der Waals surface area contributed by atoms with Gasteiger partial charge in [0.05, 0.1) is 0 Å². The Morgan fingerprint density at radius 1 is 0.483 bits per heavy atom. The summed E-state index contributed by atoms with van der Waals surface area (Å²) in [5.41, 5.74) is 1.42. The van der Waals surface area contributed by atoms with E-state index in [0.717, 1.165) is 6.42 Å². The van der Waals surface area contributed by atoms with Gasteiger partial charge in [0, 0.05) is 9.79 Å². The molecule has 0 saturated heterocycles. The number of benzene rings is 4. The van der Waals surface area contributed by atoms with E-state index in [2.05, 4.69) is 144 Å². The highest BCUT2D eigenvalue weighted by atomic mass is 32.6. The molecule has 0 bridgehead atoms. The molecule has 0 aromatic heterocycles. The normalized spacial score (nSPS) is 11.3. The van der Waals surface area contributed by atoms with Gasteiger partial charge in [-0.15, -0.1) is 22.4 Å². The molecule has 0 aliphatic rings. The quantitative estimate of drug-likeness (QED) is 0.273. The van der Waals surface area contributed by atoms with Gasteiger partial charge >= 0.3 is 0 Å². The first-order valence-corrected chi connectivity index (χ1v) is 15.2. The molecule has 0 fully saturated rings. The van der Waals surface area contributed by atoms with Crippen LogP contribution in [0.15, 0.2) is 131 Å². The zero-order valence-corrected chi connectivity index (χ0v) is 18.9. The summed E-state index contributed by atoms with van der Waals surface area (Å²) in [4.78, 5) is 2.72. The van der Waals surface area contributed by atoms with Crippen molar-refractivity contribution in [2.24, 2.45) is 0 Å². The Balaban J connectivity index is 1.74. The third-order valence-corrected chi connectivity index (χ3v) is 16.2. The molecule has 0 aliphatic carbocycles. The largest absolute Gasteiger partial charge is 0.218 e. The molecule has 0 aliphatic heterocycles. The van der Waals surface area contributed by atoms with Gasteiger partial charge in [0.2, 0.25) is 6.37 Å². The number of aryl methyl sites for hydroxylation is 1. The average Bonchev–Trinajstić information content (AvgIpc) is 2.80. The second kappa shape index (κ2) is 10.0. The van der Waals surface area contributed by atoms with Crippen LogP contribution in [0.25, 0.3) is 0 Å². The third kappa shape index (κ3) is 5.45.